The fourth-order valence-electron chi connectivity index (χ4n) is 1.20. The molecule has 1 N–H and O–H groups in total. The molecule has 1 rings (SSSR count). The highest BCUT2D eigenvalue weighted by atomic mass is 16.5. The summed E-state index contributed by atoms with van der Waals surface area (Å²) in [5, 5.41) is 12.1. The van der Waals surface area contributed by atoms with Crippen molar-refractivity contribution >= 4 is 12.3 Å². The van der Waals surface area contributed by atoms with Gasteiger partial charge in [0.15, 0.2) is 18.1 Å². The van der Waals surface area contributed by atoms with Crippen LogP contribution in [0.1, 0.15) is 5.56 Å². The summed E-state index contributed by atoms with van der Waals surface area (Å²) in [6.45, 7) is -0.0618. The smallest absolute Gasteiger partial charge is 0.427 e. The molecule has 0 atom stereocenters. The van der Waals surface area contributed by atoms with Gasteiger partial charge in [0.05, 0.1) is 20.4 Å². The molecule has 0 saturated heterocycles. The van der Waals surface area contributed by atoms with E-state index in [1.165, 1.54) is 20.4 Å². The first-order valence-electron chi connectivity index (χ1n) is 5.26. The molecular weight excluding hydrogens is 250 g/mol. The number of benzene rings is 1. The van der Waals surface area contributed by atoms with Crippen molar-refractivity contribution in [3.05, 3.63) is 23.8 Å². The van der Waals surface area contributed by atoms with Crippen molar-refractivity contribution < 1.29 is 19.0 Å². The minimum Gasteiger partial charge on any atom is -0.493 e. The number of hydrogen-bond donors (Lipinski definition) is 1. The molecule has 0 unspecified atom stereocenters. The van der Waals surface area contributed by atoms with Crippen LogP contribution in [-0.2, 0) is 4.74 Å². The van der Waals surface area contributed by atoms with Crippen molar-refractivity contribution in [3.8, 4) is 17.6 Å². The lowest BCUT2D eigenvalue weighted by Gasteiger charge is -2.08. The Bertz CT molecular complexity index is 508. The van der Waals surface area contributed by atoms with Crippen LogP contribution in [0, 0.1) is 11.3 Å². The summed E-state index contributed by atoms with van der Waals surface area (Å²) in [5.41, 5.74) is 2.85. The topological polar surface area (TPSA) is 92.9 Å². The van der Waals surface area contributed by atoms with Crippen molar-refractivity contribution in [3.63, 3.8) is 0 Å². The minimum absolute atomic E-state index is 0.0618. The molecule has 0 aliphatic rings. The Morgan fingerprint density at radius 2 is 2.26 bits per heavy atom. The van der Waals surface area contributed by atoms with E-state index >= 15 is 0 Å². The Kier molecular flexibility index (Phi) is 5.69. The quantitative estimate of drug-likeness (QED) is 0.638. The third-order valence-electron chi connectivity index (χ3n) is 2.03. The Morgan fingerprint density at radius 3 is 2.89 bits per heavy atom. The lowest BCUT2D eigenvalue weighted by Crippen LogP contribution is -2.16. The van der Waals surface area contributed by atoms with Gasteiger partial charge in [-0.2, -0.15) is 10.4 Å². The average molecular weight is 263 g/mol. The van der Waals surface area contributed by atoms with Gasteiger partial charge in [0.2, 0.25) is 0 Å². The van der Waals surface area contributed by atoms with Gasteiger partial charge in [-0.25, -0.2) is 10.2 Å². The Labute approximate surface area is 110 Å². The van der Waals surface area contributed by atoms with Crippen molar-refractivity contribution in [2.24, 2.45) is 5.10 Å². The van der Waals surface area contributed by atoms with Crippen molar-refractivity contribution in [2.45, 2.75) is 0 Å². The number of carbonyl (C=O) groups excluding carboxylic acids is 1. The number of carbonyl (C=O) groups is 1. The number of amides is 1. The predicted molar refractivity (Wildman–Crippen MR) is 67.2 cm³/mol. The molecule has 0 saturated carbocycles. The molecule has 1 aromatic rings. The normalized spacial score (nSPS) is 9.74. The summed E-state index contributed by atoms with van der Waals surface area (Å²) >= 11 is 0. The van der Waals surface area contributed by atoms with E-state index in [9.17, 15) is 4.79 Å². The van der Waals surface area contributed by atoms with E-state index < -0.39 is 6.09 Å². The van der Waals surface area contributed by atoms with Crippen LogP contribution in [0.15, 0.2) is 23.3 Å². The molecule has 0 radical (unpaired) electrons. The fraction of sp³-hybridized carbons (Fsp3) is 0.250. The Balaban J connectivity index is 2.76. The second kappa shape index (κ2) is 7.55. The zero-order valence-corrected chi connectivity index (χ0v) is 10.5. The van der Waals surface area contributed by atoms with Gasteiger partial charge in [-0.15, -0.1) is 0 Å². The van der Waals surface area contributed by atoms with Gasteiger partial charge < -0.3 is 14.2 Å². The van der Waals surface area contributed by atoms with Gasteiger partial charge in [-0.05, 0) is 23.8 Å². The summed E-state index contributed by atoms with van der Waals surface area (Å²) in [4.78, 5) is 10.8. The zero-order valence-electron chi connectivity index (χ0n) is 10.5. The highest BCUT2D eigenvalue weighted by Gasteiger charge is 2.04. The molecule has 19 heavy (non-hydrogen) atoms. The SMILES string of the molecule is COC(=O)N/N=C/c1ccc(OCC#N)c(OC)c1. The summed E-state index contributed by atoms with van der Waals surface area (Å²) in [6.07, 6.45) is 0.769. The fourth-order valence-corrected chi connectivity index (χ4v) is 1.20. The zero-order chi connectivity index (χ0) is 14.1. The van der Waals surface area contributed by atoms with Gasteiger partial charge in [-0.1, -0.05) is 0 Å². The van der Waals surface area contributed by atoms with E-state index in [4.69, 9.17) is 14.7 Å². The number of hydrogen-bond acceptors (Lipinski definition) is 6. The Hall–Kier alpha value is -2.75. The molecule has 0 aliphatic heterocycles. The van der Waals surface area contributed by atoms with Crippen LogP contribution in [0.4, 0.5) is 4.79 Å². The van der Waals surface area contributed by atoms with Gasteiger partial charge in [0, 0.05) is 0 Å². The molecule has 7 heteroatoms. The first-order valence-corrected chi connectivity index (χ1v) is 5.26. The van der Waals surface area contributed by atoms with Gasteiger partial charge in [0.25, 0.3) is 0 Å². The average Bonchev–Trinajstić information content (AvgIpc) is 2.45. The first-order chi connectivity index (χ1) is 9.21. The van der Waals surface area contributed by atoms with Crippen LogP contribution < -0.4 is 14.9 Å². The summed E-state index contributed by atoms with van der Waals surface area (Å²) in [5.74, 6) is 0.930. The molecular formula is C12H13N3O4. The van der Waals surface area contributed by atoms with Crippen LogP contribution in [0.25, 0.3) is 0 Å². The molecule has 0 heterocycles. The van der Waals surface area contributed by atoms with E-state index in [1.807, 2.05) is 6.07 Å². The molecule has 0 aromatic heterocycles. The number of ether oxygens (including phenoxy) is 3. The highest BCUT2D eigenvalue weighted by Crippen LogP contribution is 2.27. The number of nitriles is 1. The molecule has 0 aliphatic carbocycles. The molecule has 7 nitrogen and oxygen atoms in total. The molecule has 1 aromatic carbocycles. The largest absolute Gasteiger partial charge is 0.493 e. The maximum absolute atomic E-state index is 10.8. The van der Waals surface area contributed by atoms with Crippen LogP contribution in [0.5, 0.6) is 11.5 Å². The van der Waals surface area contributed by atoms with Crippen molar-refractivity contribution in [2.75, 3.05) is 20.8 Å². The number of hydrazone groups is 1. The van der Waals surface area contributed by atoms with Gasteiger partial charge in [0.1, 0.15) is 6.07 Å². The third kappa shape index (κ3) is 4.55. The molecule has 0 fully saturated rings. The van der Waals surface area contributed by atoms with Crippen molar-refractivity contribution in [1.29, 1.82) is 5.26 Å². The van der Waals surface area contributed by atoms with E-state index in [-0.39, 0.29) is 6.61 Å². The number of methoxy groups -OCH3 is 2. The van der Waals surface area contributed by atoms with Crippen molar-refractivity contribution in [1.82, 2.24) is 5.43 Å². The second-order valence-electron chi connectivity index (χ2n) is 3.22. The van der Waals surface area contributed by atoms with Gasteiger partial charge in [-0.3, -0.25) is 0 Å². The van der Waals surface area contributed by atoms with E-state index in [2.05, 4.69) is 15.3 Å². The number of nitrogens with zero attached hydrogens (tertiary/aromatic N) is 2. The molecule has 100 valence electrons. The van der Waals surface area contributed by atoms with E-state index in [1.54, 1.807) is 18.2 Å². The standard InChI is InChI=1S/C12H13N3O4/c1-17-11-7-9(8-14-15-12(16)18-2)3-4-10(11)19-6-5-13/h3-4,7-8H,6H2,1-2H3,(H,15,16)/b14-8+. The monoisotopic (exact) mass is 263 g/mol. The summed E-state index contributed by atoms with van der Waals surface area (Å²) < 4.78 is 14.7. The number of rotatable bonds is 5. The molecule has 0 spiro atoms. The predicted octanol–water partition coefficient (Wildman–Crippen LogP) is 1.29. The highest BCUT2D eigenvalue weighted by molar-refractivity contribution is 5.82. The van der Waals surface area contributed by atoms with Crippen LogP contribution in [0.2, 0.25) is 0 Å². The lowest BCUT2D eigenvalue weighted by molar-refractivity contribution is 0.171. The molecule has 0 bridgehead atoms. The first kappa shape index (κ1) is 14.3. The van der Waals surface area contributed by atoms with Gasteiger partial charge >= 0.3 is 6.09 Å². The minimum atomic E-state index is -0.655. The second-order valence-corrected chi connectivity index (χ2v) is 3.22. The van der Waals surface area contributed by atoms with Crippen LogP contribution in [0.3, 0.4) is 0 Å². The lowest BCUT2D eigenvalue weighted by atomic mass is 10.2. The maximum atomic E-state index is 10.8. The third-order valence-corrected chi connectivity index (χ3v) is 2.03. The number of nitrogens with one attached hydrogen (secondary N) is 1. The van der Waals surface area contributed by atoms with Crippen LogP contribution in [-0.4, -0.2) is 33.1 Å². The van der Waals surface area contributed by atoms with E-state index in [0.717, 1.165) is 0 Å². The molecule has 1 amide bonds. The maximum Gasteiger partial charge on any atom is 0.427 e. The van der Waals surface area contributed by atoms with Crippen LogP contribution >= 0.6 is 0 Å². The summed E-state index contributed by atoms with van der Waals surface area (Å²) in [6, 6.07) is 6.89. The Morgan fingerprint density at radius 1 is 1.47 bits per heavy atom. The summed E-state index contributed by atoms with van der Waals surface area (Å²) in [7, 11) is 2.73. The van der Waals surface area contributed by atoms with E-state index in [0.29, 0.717) is 17.1 Å².